The van der Waals surface area contributed by atoms with Gasteiger partial charge in [-0.1, -0.05) is 66.6 Å². The summed E-state index contributed by atoms with van der Waals surface area (Å²) in [5.74, 6) is 2.41. The number of aromatic nitrogens is 3. The average Bonchev–Trinajstić information content (AvgIpc) is 3.00. The number of thioether (sulfide) groups is 1. The Morgan fingerprint density at radius 1 is 0.732 bits per heavy atom. The molecular formula is C25H28AlBN8S6. The third-order valence-electron chi connectivity index (χ3n) is 4.60. The molecule has 0 amide bonds. The molecule has 16 heteroatoms. The molecule has 0 fully saturated rings. The Balaban J connectivity index is 0.000000750. The van der Waals surface area contributed by atoms with Crippen LogP contribution in [0.2, 0.25) is 0 Å². The molecule has 1 N–H and O–H groups in total. The van der Waals surface area contributed by atoms with Crippen molar-refractivity contribution in [1.82, 2.24) is 15.0 Å². The first-order valence-corrected chi connectivity index (χ1v) is 16.1. The second kappa shape index (κ2) is 20.9. The van der Waals surface area contributed by atoms with Crippen LogP contribution in [0.4, 0.5) is 17.5 Å². The van der Waals surface area contributed by atoms with Crippen molar-refractivity contribution in [3.8, 4) is 6.07 Å². The van der Waals surface area contributed by atoms with Gasteiger partial charge in [0.15, 0.2) is 8.64 Å². The van der Waals surface area contributed by atoms with E-state index >= 15 is 0 Å². The Morgan fingerprint density at radius 3 is 1.32 bits per heavy atom. The van der Waals surface area contributed by atoms with Crippen molar-refractivity contribution in [1.29, 1.82) is 9.61 Å². The quantitative estimate of drug-likeness (QED) is 0.189. The molecule has 0 saturated heterocycles. The van der Waals surface area contributed by atoms with Crippen molar-refractivity contribution < 1.29 is 0 Å². The summed E-state index contributed by atoms with van der Waals surface area (Å²) < 4.78 is 7.19. The zero-order valence-corrected chi connectivity index (χ0v) is 29.2. The minimum absolute atomic E-state index is 0. The van der Waals surface area contributed by atoms with E-state index in [1.165, 1.54) is 33.3 Å². The Bertz CT molecular complexity index is 1210. The van der Waals surface area contributed by atoms with Crippen LogP contribution in [0.15, 0.2) is 73.2 Å². The molecule has 0 aliphatic heterocycles. The Kier molecular flexibility index (Phi) is 19.9. The van der Waals surface area contributed by atoms with Gasteiger partial charge in [0.25, 0.3) is 0 Å². The third kappa shape index (κ3) is 14.2. The van der Waals surface area contributed by atoms with E-state index in [0.29, 0.717) is 13.0 Å². The molecule has 0 aromatic carbocycles. The van der Waals surface area contributed by atoms with Gasteiger partial charge >= 0.3 is 20.4 Å². The summed E-state index contributed by atoms with van der Waals surface area (Å²) in [7, 11) is 8.51. The van der Waals surface area contributed by atoms with Crippen molar-refractivity contribution in [3.05, 3.63) is 73.2 Å². The molecule has 210 valence electrons. The van der Waals surface area contributed by atoms with Gasteiger partial charge in [0.1, 0.15) is 26.5 Å². The van der Waals surface area contributed by atoms with Crippen LogP contribution >= 0.6 is 70.0 Å². The van der Waals surface area contributed by atoms with Crippen LogP contribution in [0.3, 0.4) is 0 Å². The van der Waals surface area contributed by atoms with Gasteiger partial charge in [-0.25, -0.2) is 15.0 Å². The van der Waals surface area contributed by atoms with Crippen molar-refractivity contribution in [2.75, 3.05) is 35.8 Å². The molecule has 0 saturated carbocycles. The van der Waals surface area contributed by atoms with E-state index in [1.807, 2.05) is 99.4 Å². The molecule has 0 bridgehead atoms. The second-order valence-corrected chi connectivity index (χ2v) is 13.6. The fourth-order valence-corrected chi connectivity index (χ4v) is 6.31. The normalized spacial score (nSPS) is 9.63. The predicted octanol–water partition coefficient (Wildman–Crippen LogP) is 6.37. The van der Waals surface area contributed by atoms with Crippen molar-refractivity contribution in [3.63, 3.8) is 0 Å². The Labute approximate surface area is 281 Å². The van der Waals surface area contributed by atoms with E-state index in [9.17, 15) is 0 Å². The summed E-state index contributed by atoms with van der Waals surface area (Å²) in [6, 6.07) is 19.3. The molecule has 0 atom stereocenters. The molecule has 3 rings (SSSR count). The number of hydrogen-bond donors (Lipinski definition) is 1. The van der Waals surface area contributed by atoms with Crippen molar-refractivity contribution in [2.24, 2.45) is 0 Å². The van der Waals surface area contributed by atoms with Crippen LogP contribution in [-0.2, 0) is 0 Å². The zero-order chi connectivity index (χ0) is 30.1. The maximum absolute atomic E-state index is 8.93. The molecule has 8 nitrogen and oxygen atoms in total. The predicted molar refractivity (Wildman–Crippen MR) is 192 cm³/mol. The monoisotopic (exact) mass is 670 g/mol. The number of thiocarbonyl (C=S) groups is 3. The molecule has 41 heavy (non-hydrogen) atoms. The molecule has 0 spiro atoms. The molecular weight excluding hydrogens is 643 g/mol. The first-order valence-electron chi connectivity index (χ1n) is 11.4. The minimum atomic E-state index is -0.514. The summed E-state index contributed by atoms with van der Waals surface area (Å²) in [4.78, 5) is 18.3. The van der Waals surface area contributed by atoms with Crippen LogP contribution in [0.25, 0.3) is 0 Å². The number of hydrogen-bond acceptors (Lipinski definition) is 11. The van der Waals surface area contributed by atoms with Gasteiger partial charge in [0.2, 0.25) is 0 Å². The van der Waals surface area contributed by atoms with E-state index < -0.39 is 4.75 Å². The SMILES string of the molecule is CN(C(=S)SC(C)(C)C#N)c1ccccn1.CN(C(=S)SSC(=S)N(C)c1ccccn1)c1ccccn1.[B].[NH]=[Al]. The fourth-order valence-electron chi connectivity index (χ4n) is 2.43. The van der Waals surface area contributed by atoms with Crippen LogP contribution in [-0.4, -0.2) is 78.3 Å². The van der Waals surface area contributed by atoms with E-state index in [0.717, 1.165) is 17.5 Å². The van der Waals surface area contributed by atoms with Crippen molar-refractivity contribution in [2.45, 2.75) is 18.6 Å². The summed E-state index contributed by atoms with van der Waals surface area (Å²) in [6.07, 6.45) is 5.20. The first-order chi connectivity index (χ1) is 19.1. The van der Waals surface area contributed by atoms with Gasteiger partial charge in [0, 0.05) is 48.1 Å². The number of nitrogens with one attached hydrogen (secondary N) is 1. The summed E-state index contributed by atoms with van der Waals surface area (Å²) >= 11 is 19.1. The molecule has 4 radical (unpaired) electrons. The Hall–Kier alpha value is -1.94. The fraction of sp³-hybridized carbons (Fsp3) is 0.240. The van der Waals surface area contributed by atoms with Gasteiger partial charge in [-0.3, -0.25) is 0 Å². The summed E-state index contributed by atoms with van der Waals surface area (Å²) in [5, 5.41) is 8.93. The topological polar surface area (TPSA) is 96.0 Å². The number of anilines is 3. The van der Waals surface area contributed by atoms with Crippen molar-refractivity contribution >= 4 is 125 Å². The molecule has 0 unspecified atom stereocenters. The van der Waals surface area contributed by atoms with Crippen LogP contribution in [0.1, 0.15) is 13.8 Å². The van der Waals surface area contributed by atoms with Gasteiger partial charge < -0.3 is 14.7 Å². The molecule has 0 aliphatic carbocycles. The molecule has 3 heterocycles. The van der Waals surface area contributed by atoms with Crippen LogP contribution in [0, 0.1) is 15.7 Å². The number of nitriles is 1. The van der Waals surface area contributed by atoms with Gasteiger partial charge in [-0.15, -0.1) is 0 Å². The maximum atomic E-state index is 8.93. The molecule has 3 aromatic rings. The average molecular weight is 671 g/mol. The van der Waals surface area contributed by atoms with E-state index in [4.69, 9.17) is 46.3 Å². The first kappa shape index (κ1) is 39.1. The van der Waals surface area contributed by atoms with E-state index in [2.05, 4.69) is 21.0 Å². The number of nitrogens with zero attached hydrogens (tertiary/aromatic N) is 7. The third-order valence-corrected chi connectivity index (χ3v) is 9.96. The van der Waals surface area contributed by atoms with E-state index in [-0.39, 0.29) is 8.41 Å². The molecule has 3 aromatic heterocycles. The van der Waals surface area contributed by atoms with Gasteiger partial charge in [0.05, 0.1) is 6.07 Å². The van der Waals surface area contributed by atoms with E-state index in [1.54, 1.807) is 39.6 Å². The van der Waals surface area contributed by atoms with Gasteiger partial charge in [-0.2, -0.15) is 5.26 Å². The summed E-state index contributed by atoms with van der Waals surface area (Å²) in [6.45, 7) is 3.69. The van der Waals surface area contributed by atoms with Crippen LogP contribution < -0.4 is 14.7 Å². The second-order valence-electron chi connectivity index (χ2n) is 7.93. The van der Waals surface area contributed by atoms with Crippen LogP contribution in [0.5, 0.6) is 0 Å². The Morgan fingerprint density at radius 2 is 1.05 bits per heavy atom. The zero-order valence-electron chi connectivity index (χ0n) is 23.2. The number of pyridine rings is 3. The standard InChI is InChI=1S/C14H14N4S4.C11H13N3S2.Al.B.HN/c1-17(11-7-3-5-9-15-11)13(19)21-22-14(20)18(2)12-8-4-6-10-16-12;1-11(2,8-12)16-10(15)14(3)9-6-4-5-7-13-9;;;/h3-10H,1-2H3;4-7H,1-3H3;;;1H. The molecule has 0 aliphatic rings. The van der Waals surface area contributed by atoms with Gasteiger partial charge in [-0.05, 0) is 71.8 Å². The summed E-state index contributed by atoms with van der Waals surface area (Å²) in [5.41, 5.74) is 0. The number of rotatable bonds is 4.